The second-order valence-electron chi connectivity index (χ2n) is 6.96. The molecule has 0 bridgehead atoms. The molecule has 0 saturated heterocycles. The molecular formula is C19H21F3N6O2. The van der Waals surface area contributed by atoms with Crippen LogP contribution in [0.5, 0.6) is 0 Å². The summed E-state index contributed by atoms with van der Waals surface area (Å²) in [7, 11) is 0. The summed E-state index contributed by atoms with van der Waals surface area (Å²) in [6.45, 7) is 3.00. The number of hydrogen-bond donors (Lipinski definition) is 3. The Morgan fingerprint density at radius 2 is 2.17 bits per heavy atom. The first-order valence-electron chi connectivity index (χ1n) is 9.23. The molecule has 0 radical (unpaired) electrons. The van der Waals surface area contributed by atoms with Crippen molar-refractivity contribution in [2.45, 2.75) is 44.9 Å². The fourth-order valence-electron chi connectivity index (χ4n) is 3.27. The third-order valence-corrected chi connectivity index (χ3v) is 4.78. The Labute approximate surface area is 170 Å². The van der Waals surface area contributed by atoms with Gasteiger partial charge in [0.25, 0.3) is 0 Å². The van der Waals surface area contributed by atoms with E-state index in [9.17, 15) is 13.2 Å². The van der Waals surface area contributed by atoms with Crippen molar-refractivity contribution in [3.8, 4) is 5.69 Å². The van der Waals surface area contributed by atoms with Gasteiger partial charge in [-0.25, -0.2) is 14.5 Å². The number of H-pyrrole nitrogens is 1. The topological polar surface area (TPSA) is 109 Å². The summed E-state index contributed by atoms with van der Waals surface area (Å²) in [5.41, 5.74) is 6.23. The molecule has 1 atom stereocenters. The molecule has 8 nitrogen and oxygen atoms in total. The van der Waals surface area contributed by atoms with Crippen LogP contribution in [-0.2, 0) is 24.2 Å². The van der Waals surface area contributed by atoms with Gasteiger partial charge in [0.1, 0.15) is 12.7 Å². The second-order valence-corrected chi connectivity index (χ2v) is 6.96. The van der Waals surface area contributed by atoms with Crippen molar-refractivity contribution in [1.82, 2.24) is 30.3 Å². The number of carboxylic acids is 1. The Morgan fingerprint density at radius 1 is 1.40 bits per heavy atom. The van der Waals surface area contributed by atoms with E-state index in [2.05, 4.69) is 50.7 Å². The average molecular weight is 422 g/mol. The molecule has 0 fully saturated rings. The van der Waals surface area contributed by atoms with Crippen LogP contribution in [0.25, 0.3) is 5.69 Å². The lowest BCUT2D eigenvalue weighted by Gasteiger charge is -2.23. The molecule has 11 heteroatoms. The van der Waals surface area contributed by atoms with E-state index in [4.69, 9.17) is 9.90 Å². The van der Waals surface area contributed by atoms with E-state index in [1.54, 1.807) is 17.3 Å². The van der Waals surface area contributed by atoms with Crippen molar-refractivity contribution in [3.63, 3.8) is 0 Å². The van der Waals surface area contributed by atoms with E-state index in [1.807, 2.05) is 6.20 Å². The zero-order chi connectivity index (χ0) is 21.7. The Kier molecular flexibility index (Phi) is 6.50. The van der Waals surface area contributed by atoms with E-state index in [-0.39, 0.29) is 0 Å². The molecular weight excluding hydrogens is 401 g/mol. The Bertz CT molecular complexity index is 985. The van der Waals surface area contributed by atoms with E-state index >= 15 is 0 Å². The lowest BCUT2D eigenvalue weighted by molar-refractivity contribution is -0.192. The van der Waals surface area contributed by atoms with Gasteiger partial charge in [-0.1, -0.05) is 12.1 Å². The molecule has 1 aliphatic carbocycles. The minimum Gasteiger partial charge on any atom is -0.475 e. The van der Waals surface area contributed by atoms with Gasteiger partial charge in [-0.2, -0.15) is 23.4 Å². The van der Waals surface area contributed by atoms with E-state index in [0.717, 1.165) is 31.5 Å². The summed E-state index contributed by atoms with van der Waals surface area (Å²) in [5.74, 6) is -2.76. The summed E-state index contributed by atoms with van der Waals surface area (Å²) in [5, 5.41) is 22.2. The molecule has 2 aromatic heterocycles. The van der Waals surface area contributed by atoms with Crippen molar-refractivity contribution < 1.29 is 23.1 Å². The Balaban J connectivity index is 0.000000318. The van der Waals surface area contributed by atoms with Gasteiger partial charge in [-0.3, -0.25) is 5.10 Å². The van der Waals surface area contributed by atoms with Crippen molar-refractivity contribution in [2.75, 3.05) is 0 Å². The van der Waals surface area contributed by atoms with Gasteiger partial charge in [-0.15, -0.1) is 0 Å². The van der Waals surface area contributed by atoms with Crippen LogP contribution in [0.4, 0.5) is 13.2 Å². The first-order valence-corrected chi connectivity index (χ1v) is 9.23. The number of aliphatic carboxylic acids is 1. The van der Waals surface area contributed by atoms with Crippen LogP contribution in [0.3, 0.4) is 0 Å². The highest BCUT2D eigenvalue weighted by molar-refractivity contribution is 5.73. The molecule has 1 unspecified atom stereocenters. The van der Waals surface area contributed by atoms with Crippen LogP contribution in [0.15, 0.2) is 37.1 Å². The van der Waals surface area contributed by atoms with Crippen LogP contribution in [0.2, 0.25) is 0 Å². The molecule has 1 aliphatic rings. The van der Waals surface area contributed by atoms with E-state index < -0.39 is 12.1 Å². The molecule has 0 aliphatic heterocycles. The highest BCUT2D eigenvalue weighted by atomic mass is 19.4. The third-order valence-electron chi connectivity index (χ3n) is 4.78. The predicted octanol–water partition coefficient (Wildman–Crippen LogP) is 2.58. The summed E-state index contributed by atoms with van der Waals surface area (Å²) in [6.07, 6.45) is 3.46. The van der Waals surface area contributed by atoms with Gasteiger partial charge < -0.3 is 10.4 Å². The zero-order valence-electron chi connectivity index (χ0n) is 16.1. The number of aryl methyl sites for hydroxylation is 2. The molecule has 30 heavy (non-hydrogen) atoms. The van der Waals surface area contributed by atoms with Gasteiger partial charge >= 0.3 is 12.1 Å². The Morgan fingerprint density at radius 3 is 2.80 bits per heavy atom. The number of hydrogen-bond acceptors (Lipinski definition) is 5. The molecule has 1 aromatic carbocycles. The number of aromatic nitrogens is 5. The summed E-state index contributed by atoms with van der Waals surface area (Å²) in [6, 6.07) is 7.00. The predicted molar refractivity (Wildman–Crippen MR) is 101 cm³/mol. The number of alkyl halides is 3. The maximum Gasteiger partial charge on any atom is 0.490 e. The standard InChI is InChI=1S/C17H20N6.C2HF3O2/c1-12-6-13(2-5-17(12)23-11-18-10-21-23)8-19-15-3-4-16-14(7-15)9-20-22-16;3-2(4,5)1(6)7/h2,5-6,9-11,15,19H,3-4,7-8H2,1H3,(H,20,22);(H,6,7). The first-order chi connectivity index (χ1) is 14.2. The molecule has 2 heterocycles. The van der Waals surface area contributed by atoms with Crippen molar-refractivity contribution >= 4 is 5.97 Å². The monoisotopic (exact) mass is 422 g/mol. The molecule has 0 amide bonds. The van der Waals surface area contributed by atoms with Crippen LogP contribution < -0.4 is 5.32 Å². The number of aromatic amines is 1. The smallest absolute Gasteiger partial charge is 0.475 e. The van der Waals surface area contributed by atoms with Crippen molar-refractivity contribution in [1.29, 1.82) is 0 Å². The number of fused-ring (bicyclic) bond motifs is 1. The number of benzene rings is 1. The normalized spacial score (nSPS) is 15.8. The van der Waals surface area contributed by atoms with Gasteiger partial charge in [0, 0.05) is 18.3 Å². The van der Waals surface area contributed by atoms with Crippen LogP contribution in [0, 0.1) is 6.92 Å². The fourth-order valence-corrected chi connectivity index (χ4v) is 3.27. The van der Waals surface area contributed by atoms with E-state index in [0.29, 0.717) is 6.04 Å². The first kappa shape index (κ1) is 21.5. The van der Waals surface area contributed by atoms with Crippen LogP contribution in [0.1, 0.15) is 28.8 Å². The summed E-state index contributed by atoms with van der Waals surface area (Å²) in [4.78, 5) is 12.9. The number of rotatable bonds is 4. The lowest BCUT2D eigenvalue weighted by atomic mass is 9.93. The highest BCUT2D eigenvalue weighted by Crippen LogP contribution is 2.20. The van der Waals surface area contributed by atoms with Crippen LogP contribution in [-0.4, -0.2) is 48.3 Å². The van der Waals surface area contributed by atoms with E-state index in [1.165, 1.54) is 22.4 Å². The largest absolute Gasteiger partial charge is 0.490 e. The number of nitrogens with zero attached hydrogens (tertiary/aromatic N) is 4. The minimum atomic E-state index is -5.08. The number of nitrogens with one attached hydrogen (secondary N) is 2. The molecule has 3 aromatic rings. The number of carbonyl (C=O) groups is 1. The van der Waals surface area contributed by atoms with Gasteiger partial charge in [-0.05, 0) is 48.9 Å². The Hall–Kier alpha value is -3.21. The maximum atomic E-state index is 10.6. The van der Waals surface area contributed by atoms with Gasteiger partial charge in [0.15, 0.2) is 0 Å². The SMILES string of the molecule is Cc1cc(CNC2CCc3[nH]ncc3C2)ccc1-n1cncn1.O=C(O)C(F)(F)F. The van der Waals surface area contributed by atoms with Gasteiger partial charge in [0.2, 0.25) is 0 Å². The fraction of sp³-hybridized carbons (Fsp3) is 0.368. The summed E-state index contributed by atoms with van der Waals surface area (Å²) < 4.78 is 33.5. The molecule has 0 saturated carbocycles. The lowest BCUT2D eigenvalue weighted by Crippen LogP contribution is -2.33. The maximum absolute atomic E-state index is 10.6. The van der Waals surface area contributed by atoms with Crippen LogP contribution >= 0.6 is 0 Å². The van der Waals surface area contributed by atoms with Crippen molar-refractivity contribution in [2.24, 2.45) is 0 Å². The molecule has 0 spiro atoms. The van der Waals surface area contributed by atoms with Gasteiger partial charge in [0.05, 0.1) is 11.9 Å². The summed E-state index contributed by atoms with van der Waals surface area (Å²) >= 11 is 0. The molecule has 3 N–H and O–H groups in total. The average Bonchev–Trinajstić information content (AvgIpc) is 3.37. The number of halogens is 3. The second kappa shape index (κ2) is 9.08. The molecule has 4 rings (SSSR count). The quantitative estimate of drug-likeness (QED) is 0.596. The zero-order valence-corrected chi connectivity index (χ0v) is 16.1. The highest BCUT2D eigenvalue weighted by Gasteiger charge is 2.38. The molecule has 160 valence electrons. The number of carboxylic acid groups (broad SMARTS) is 1. The minimum absolute atomic E-state index is 0.524. The van der Waals surface area contributed by atoms with Crippen molar-refractivity contribution in [3.05, 3.63) is 59.4 Å². The third kappa shape index (κ3) is 5.44.